The molecule has 2 aromatic rings. The van der Waals surface area contributed by atoms with Crippen LogP contribution < -0.4 is 5.56 Å². The SMILES string of the molecule is CC(C)c1ncc(CN2C[C@@H]3C[C@H](C2)c2cccc(=O)n2C3)s1. The number of hydrogen-bond donors (Lipinski definition) is 0. The Balaban J connectivity index is 1.53. The minimum atomic E-state index is 0.162. The Kier molecular flexibility index (Phi) is 3.85. The topological polar surface area (TPSA) is 38.1 Å². The second kappa shape index (κ2) is 5.87. The molecule has 0 unspecified atom stereocenters. The summed E-state index contributed by atoms with van der Waals surface area (Å²) in [7, 11) is 0. The first-order valence-corrected chi connectivity index (χ1v) is 9.28. The number of nitrogens with zero attached hydrogens (tertiary/aromatic N) is 3. The van der Waals surface area contributed by atoms with E-state index in [9.17, 15) is 4.79 Å². The summed E-state index contributed by atoms with van der Waals surface area (Å²) >= 11 is 1.84. The number of aromatic nitrogens is 2. The summed E-state index contributed by atoms with van der Waals surface area (Å²) in [6.07, 6.45) is 3.27. The van der Waals surface area contributed by atoms with Gasteiger partial charge in [-0.2, -0.15) is 0 Å². The molecule has 0 amide bonds. The molecule has 5 heteroatoms. The highest BCUT2D eigenvalue weighted by Gasteiger charge is 2.34. The first-order valence-electron chi connectivity index (χ1n) is 8.47. The van der Waals surface area contributed by atoms with E-state index < -0.39 is 0 Å². The molecule has 1 fully saturated rings. The lowest BCUT2D eigenvalue weighted by atomic mass is 9.83. The van der Waals surface area contributed by atoms with E-state index >= 15 is 0 Å². The van der Waals surface area contributed by atoms with Gasteiger partial charge in [0.2, 0.25) is 0 Å². The zero-order chi connectivity index (χ0) is 16.0. The van der Waals surface area contributed by atoms with Crippen molar-refractivity contribution in [2.45, 2.75) is 45.2 Å². The summed E-state index contributed by atoms with van der Waals surface area (Å²) in [5.41, 5.74) is 1.39. The Morgan fingerprint density at radius 2 is 2.17 bits per heavy atom. The number of hydrogen-bond acceptors (Lipinski definition) is 4. The van der Waals surface area contributed by atoms with Gasteiger partial charge in [-0.1, -0.05) is 19.9 Å². The van der Waals surface area contributed by atoms with Crippen molar-refractivity contribution in [2.24, 2.45) is 5.92 Å². The van der Waals surface area contributed by atoms with Crippen molar-refractivity contribution in [3.05, 3.63) is 50.3 Å². The second-order valence-corrected chi connectivity index (χ2v) is 8.36. The lowest BCUT2D eigenvalue weighted by Gasteiger charge is -2.42. The van der Waals surface area contributed by atoms with Gasteiger partial charge in [0, 0.05) is 60.8 Å². The van der Waals surface area contributed by atoms with Gasteiger partial charge >= 0.3 is 0 Å². The summed E-state index contributed by atoms with van der Waals surface area (Å²) in [4.78, 5) is 20.5. The summed E-state index contributed by atoms with van der Waals surface area (Å²) in [5, 5.41) is 1.23. The fourth-order valence-electron chi connectivity index (χ4n) is 4.01. The predicted octanol–water partition coefficient (Wildman–Crippen LogP) is 3.05. The molecular weight excluding hydrogens is 306 g/mol. The summed E-state index contributed by atoms with van der Waals surface area (Å²) in [6.45, 7) is 8.41. The molecule has 4 rings (SSSR count). The van der Waals surface area contributed by atoms with E-state index in [1.807, 2.05) is 28.2 Å². The predicted molar refractivity (Wildman–Crippen MR) is 93.0 cm³/mol. The third-order valence-electron chi connectivity index (χ3n) is 5.00. The van der Waals surface area contributed by atoms with Crippen molar-refractivity contribution >= 4 is 11.3 Å². The van der Waals surface area contributed by atoms with Gasteiger partial charge in [0.05, 0.1) is 5.01 Å². The molecule has 2 bridgehead atoms. The van der Waals surface area contributed by atoms with Crippen LogP contribution in [0.5, 0.6) is 0 Å². The maximum atomic E-state index is 12.1. The minimum Gasteiger partial charge on any atom is -0.312 e. The zero-order valence-corrected chi connectivity index (χ0v) is 14.6. The Morgan fingerprint density at radius 3 is 2.96 bits per heavy atom. The molecule has 2 aliphatic rings. The van der Waals surface area contributed by atoms with E-state index in [-0.39, 0.29) is 5.56 Å². The maximum absolute atomic E-state index is 12.1. The number of pyridine rings is 1. The molecule has 122 valence electrons. The third-order valence-corrected chi connectivity index (χ3v) is 6.28. The third kappa shape index (κ3) is 2.88. The van der Waals surface area contributed by atoms with Gasteiger partial charge in [-0.05, 0) is 18.4 Å². The molecule has 0 aliphatic carbocycles. The smallest absolute Gasteiger partial charge is 0.250 e. The van der Waals surface area contributed by atoms with Crippen LogP contribution in [0.25, 0.3) is 0 Å². The van der Waals surface area contributed by atoms with E-state index in [0.717, 1.165) is 26.2 Å². The molecule has 0 radical (unpaired) electrons. The van der Waals surface area contributed by atoms with Gasteiger partial charge in [-0.3, -0.25) is 9.69 Å². The highest BCUT2D eigenvalue weighted by atomic mass is 32.1. The molecule has 0 N–H and O–H groups in total. The summed E-state index contributed by atoms with van der Waals surface area (Å²) < 4.78 is 2.00. The first-order chi connectivity index (χ1) is 11.1. The largest absolute Gasteiger partial charge is 0.312 e. The van der Waals surface area contributed by atoms with Crippen LogP contribution in [0.3, 0.4) is 0 Å². The van der Waals surface area contributed by atoms with Crippen molar-refractivity contribution in [2.75, 3.05) is 13.1 Å². The molecule has 2 atom stereocenters. The fraction of sp³-hybridized carbons (Fsp3) is 0.556. The Morgan fingerprint density at radius 1 is 1.30 bits per heavy atom. The normalized spacial score (nSPS) is 24.0. The maximum Gasteiger partial charge on any atom is 0.250 e. The van der Waals surface area contributed by atoms with Gasteiger partial charge < -0.3 is 4.57 Å². The number of thiazole rings is 1. The molecule has 2 aromatic heterocycles. The number of fused-ring (bicyclic) bond motifs is 4. The lowest BCUT2D eigenvalue weighted by molar-refractivity contribution is 0.115. The van der Waals surface area contributed by atoms with E-state index in [4.69, 9.17) is 0 Å². The van der Waals surface area contributed by atoms with Crippen LogP contribution in [0.4, 0.5) is 0 Å². The van der Waals surface area contributed by atoms with Crippen LogP contribution in [0, 0.1) is 5.92 Å². The summed E-state index contributed by atoms with van der Waals surface area (Å²) in [6, 6.07) is 5.73. The van der Waals surface area contributed by atoms with Crippen molar-refractivity contribution in [3.63, 3.8) is 0 Å². The molecule has 0 spiro atoms. The standard InChI is InChI=1S/C18H23N3OS/c1-12(2)18-19-7-15(23-18)11-20-8-13-6-14(10-20)16-4-3-5-17(22)21(16)9-13/h3-5,7,12-14H,6,8-11H2,1-2H3/t13-,14+/m0/s1. The molecule has 4 heterocycles. The molecule has 0 saturated carbocycles. The van der Waals surface area contributed by atoms with Crippen molar-refractivity contribution in [3.8, 4) is 0 Å². The molecule has 1 saturated heterocycles. The zero-order valence-electron chi connectivity index (χ0n) is 13.7. The number of rotatable bonds is 3. The van der Waals surface area contributed by atoms with Crippen molar-refractivity contribution in [1.82, 2.24) is 14.5 Å². The Labute approximate surface area is 140 Å². The molecule has 23 heavy (non-hydrogen) atoms. The van der Waals surface area contributed by atoms with Gasteiger partial charge in [0.1, 0.15) is 0 Å². The van der Waals surface area contributed by atoms with Crippen LogP contribution >= 0.6 is 11.3 Å². The van der Waals surface area contributed by atoms with E-state index in [1.54, 1.807) is 6.07 Å². The molecule has 4 nitrogen and oxygen atoms in total. The van der Waals surface area contributed by atoms with Crippen LogP contribution in [0.2, 0.25) is 0 Å². The highest BCUT2D eigenvalue weighted by Crippen LogP contribution is 2.35. The van der Waals surface area contributed by atoms with E-state index in [0.29, 0.717) is 17.8 Å². The minimum absolute atomic E-state index is 0.162. The number of likely N-dealkylation sites (tertiary alicyclic amines) is 1. The Hall–Kier alpha value is -1.46. The average molecular weight is 329 g/mol. The van der Waals surface area contributed by atoms with Crippen molar-refractivity contribution in [1.29, 1.82) is 0 Å². The quantitative estimate of drug-likeness (QED) is 0.869. The number of piperidine rings is 1. The molecule has 0 aromatic carbocycles. The van der Waals surface area contributed by atoms with Crippen LogP contribution in [0.1, 0.15) is 47.7 Å². The summed E-state index contributed by atoms with van der Waals surface area (Å²) in [5.74, 6) is 1.60. The van der Waals surface area contributed by atoms with Crippen LogP contribution in [-0.2, 0) is 13.1 Å². The average Bonchev–Trinajstić information content (AvgIpc) is 2.97. The van der Waals surface area contributed by atoms with Gasteiger partial charge in [-0.15, -0.1) is 11.3 Å². The fourth-order valence-corrected chi connectivity index (χ4v) is 4.97. The highest BCUT2D eigenvalue weighted by molar-refractivity contribution is 7.11. The van der Waals surface area contributed by atoms with Gasteiger partial charge in [-0.25, -0.2) is 4.98 Å². The monoisotopic (exact) mass is 329 g/mol. The van der Waals surface area contributed by atoms with Crippen molar-refractivity contribution < 1.29 is 0 Å². The lowest BCUT2D eigenvalue weighted by Crippen LogP contribution is -2.46. The second-order valence-electron chi connectivity index (χ2n) is 7.21. The Bertz CT molecular complexity index is 764. The van der Waals surface area contributed by atoms with E-state index in [1.165, 1.54) is 22.0 Å². The molecule has 2 aliphatic heterocycles. The van der Waals surface area contributed by atoms with E-state index in [2.05, 4.69) is 29.8 Å². The van der Waals surface area contributed by atoms with Crippen LogP contribution in [-0.4, -0.2) is 27.5 Å². The van der Waals surface area contributed by atoms with Gasteiger partial charge in [0.15, 0.2) is 0 Å². The first kappa shape index (κ1) is 15.1. The van der Waals surface area contributed by atoms with Gasteiger partial charge in [0.25, 0.3) is 5.56 Å². The van der Waals surface area contributed by atoms with Crippen LogP contribution in [0.15, 0.2) is 29.2 Å². The molecular formula is C18H23N3OS.